The zero-order chi connectivity index (χ0) is 25.9. The Bertz CT molecular complexity index is 1300. The highest BCUT2D eigenvalue weighted by Crippen LogP contribution is 2.37. The molecule has 1 aliphatic rings. The number of aromatic nitrogens is 5. The number of aryl methyl sites for hydroxylation is 1. The van der Waals surface area contributed by atoms with E-state index in [0.717, 1.165) is 24.1 Å². The molecule has 36 heavy (non-hydrogen) atoms. The summed E-state index contributed by atoms with van der Waals surface area (Å²) >= 11 is 0. The van der Waals surface area contributed by atoms with Crippen LogP contribution >= 0.6 is 0 Å². The van der Waals surface area contributed by atoms with Crippen LogP contribution in [-0.2, 0) is 16.8 Å². The summed E-state index contributed by atoms with van der Waals surface area (Å²) in [6.07, 6.45) is 0.702. The predicted octanol–water partition coefficient (Wildman–Crippen LogP) is 1.90. The van der Waals surface area contributed by atoms with Crippen molar-refractivity contribution < 1.29 is 18.7 Å². The molecule has 1 aromatic carbocycles. The molecule has 2 atom stereocenters. The van der Waals surface area contributed by atoms with E-state index < -0.39 is 23.7 Å². The molecule has 3 aromatic rings. The first kappa shape index (κ1) is 24.8. The van der Waals surface area contributed by atoms with Gasteiger partial charge in [-0.2, -0.15) is 25.4 Å². The number of hydrogen-bond donors (Lipinski definition) is 2. The van der Waals surface area contributed by atoms with Gasteiger partial charge in [-0.25, -0.2) is 9.18 Å². The number of carbonyl (C=O) groups is 2. The molecule has 0 saturated carbocycles. The third-order valence-corrected chi connectivity index (χ3v) is 6.27. The maximum absolute atomic E-state index is 15.8. The van der Waals surface area contributed by atoms with Crippen LogP contribution in [-0.4, -0.2) is 68.0 Å². The number of benzene rings is 1. The third kappa shape index (κ3) is 4.89. The third-order valence-electron chi connectivity index (χ3n) is 6.27. The lowest BCUT2D eigenvalue weighted by atomic mass is 9.83. The van der Waals surface area contributed by atoms with Crippen LogP contribution in [0.2, 0.25) is 0 Å². The predicted molar refractivity (Wildman–Crippen MR) is 126 cm³/mol. The molecule has 4 rings (SSSR count). The summed E-state index contributed by atoms with van der Waals surface area (Å²) in [7, 11) is 1.16. The van der Waals surface area contributed by atoms with Crippen LogP contribution in [0.25, 0.3) is 5.69 Å². The zero-order valence-electron chi connectivity index (χ0n) is 19.9. The van der Waals surface area contributed by atoms with Gasteiger partial charge in [0, 0.05) is 25.8 Å². The summed E-state index contributed by atoms with van der Waals surface area (Å²) < 4.78 is 21.6. The number of halogens is 1. The van der Waals surface area contributed by atoms with Gasteiger partial charge < -0.3 is 10.5 Å². The number of nitriles is 1. The number of anilines is 1. The smallest absolute Gasteiger partial charge is 0.412 e. The Morgan fingerprint density at radius 2 is 2.08 bits per heavy atom. The van der Waals surface area contributed by atoms with E-state index in [1.165, 1.54) is 10.9 Å². The number of methoxy groups -OCH3 is 1. The van der Waals surface area contributed by atoms with Crippen LogP contribution in [0.15, 0.2) is 36.7 Å². The number of carbonyl (C=O) groups excluding carboxylic acids is 2. The first-order valence-corrected chi connectivity index (χ1v) is 11.2. The Kier molecular flexibility index (Phi) is 6.98. The molecule has 3 heterocycles. The van der Waals surface area contributed by atoms with Crippen molar-refractivity contribution in [2.45, 2.75) is 38.0 Å². The summed E-state index contributed by atoms with van der Waals surface area (Å²) in [5.74, 6) is -1.00. The topological polar surface area (TPSA) is 157 Å². The van der Waals surface area contributed by atoms with E-state index in [1.54, 1.807) is 11.0 Å². The number of nitrogens with one attached hydrogen (secondary N) is 1. The van der Waals surface area contributed by atoms with Crippen LogP contribution < -0.4 is 11.1 Å². The lowest BCUT2D eigenvalue weighted by molar-refractivity contribution is 0.00694. The van der Waals surface area contributed by atoms with Gasteiger partial charge in [0.05, 0.1) is 37.2 Å². The Hall–Kier alpha value is -4.31. The minimum Gasteiger partial charge on any atom is -0.453 e. The first-order chi connectivity index (χ1) is 17.3. The van der Waals surface area contributed by atoms with Crippen LogP contribution in [0, 0.1) is 18.3 Å². The second-order valence-electron chi connectivity index (χ2n) is 8.65. The van der Waals surface area contributed by atoms with Gasteiger partial charge in [-0.3, -0.25) is 19.7 Å². The Morgan fingerprint density at radius 1 is 1.33 bits per heavy atom. The number of amides is 2. The molecule has 2 aromatic heterocycles. The number of rotatable bonds is 7. The zero-order valence-corrected chi connectivity index (χ0v) is 19.9. The van der Waals surface area contributed by atoms with Crippen molar-refractivity contribution in [2.75, 3.05) is 25.5 Å². The molecular weight excluding hydrogens is 469 g/mol. The molecule has 0 radical (unpaired) electrons. The van der Waals surface area contributed by atoms with Crippen LogP contribution in [0.5, 0.6) is 0 Å². The molecule has 3 N–H and O–H groups in total. The van der Waals surface area contributed by atoms with Gasteiger partial charge in [-0.1, -0.05) is 12.1 Å². The molecule has 0 aliphatic carbocycles. The number of alkyl halides is 1. The maximum atomic E-state index is 15.8. The average Bonchev–Trinajstić information content (AvgIpc) is 3.48. The highest BCUT2D eigenvalue weighted by Gasteiger charge is 2.46. The normalized spacial score (nSPS) is 20.0. The molecule has 1 saturated heterocycles. The Balaban J connectivity index is 1.51. The highest BCUT2D eigenvalue weighted by molar-refractivity contribution is 6.00. The minimum atomic E-state index is -1.48. The number of likely N-dealkylation sites (tertiary alicyclic amines) is 1. The van der Waals surface area contributed by atoms with E-state index in [4.69, 9.17) is 5.73 Å². The van der Waals surface area contributed by atoms with Gasteiger partial charge in [0.25, 0.3) is 5.91 Å². The van der Waals surface area contributed by atoms with Gasteiger partial charge in [0.2, 0.25) is 0 Å². The number of ether oxygens (including phenoxy) is 1. The lowest BCUT2D eigenvalue weighted by Crippen LogP contribution is -2.54. The van der Waals surface area contributed by atoms with Crippen molar-refractivity contribution in [3.63, 3.8) is 0 Å². The summed E-state index contributed by atoms with van der Waals surface area (Å²) in [5.41, 5.74) is 6.62. The summed E-state index contributed by atoms with van der Waals surface area (Å²) in [6, 6.07) is 9.72. The van der Waals surface area contributed by atoms with E-state index >= 15 is 4.39 Å². The highest BCUT2D eigenvalue weighted by atomic mass is 19.1. The van der Waals surface area contributed by atoms with Crippen molar-refractivity contribution in [1.82, 2.24) is 29.7 Å². The van der Waals surface area contributed by atoms with Crippen molar-refractivity contribution in [1.29, 1.82) is 5.26 Å². The number of primary amides is 1. The van der Waals surface area contributed by atoms with Crippen molar-refractivity contribution in [3.05, 3.63) is 53.5 Å². The second-order valence-corrected chi connectivity index (χ2v) is 8.65. The van der Waals surface area contributed by atoms with Crippen molar-refractivity contribution in [2.24, 2.45) is 5.73 Å². The molecule has 12 nitrogen and oxygen atoms in total. The van der Waals surface area contributed by atoms with Gasteiger partial charge in [0.15, 0.2) is 5.82 Å². The summed E-state index contributed by atoms with van der Waals surface area (Å²) in [6.45, 7) is 2.90. The number of hydrogen-bond acceptors (Lipinski definition) is 8. The number of nitrogens with two attached hydrogens (primary N) is 1. The van der Waals surface area contributed by atoms with Crippen LogP contribution in [0.1, 0.15) is 34.5 Å². The Morgan fingerprint density at radius 3 is 2.67 bits per heavy atom. The standard InChI is InChI=1S/C23H26FN9O3/c1-15-11-27-33(29-15)17-5-3-16(4-6-17)12-31-10-8-23(7-9-25,19(24)14-31)32-13-18(20(26)34)21(30-32)28-22(35)36-2/h3-6,11,13,19H,7-8,10,12,14H2,1-2H3,(H2,26,34)(H,28,30,35)/t19-,23?/m0/s1. The minimum absolute atomic E-state index is 0.0505. The van der Waals surface area contributed by atoms with Crippen LogP contribution in [0.3, 0.4) is 0 Å². The van der Waals surface area contributed by atoms with E-state index in [-0.39, 0.29) is 30.8 Å². The van der Waals surface area contributed by atoms with Gasteiger partial charge in [0.1, 0.15) is 17.3 Å². The van der Waals surface area contributed by atoms with Crippen molar-refractivity contribution >= 4 is 17.8 Å². The molecule has 0 spiro atoms. The molecular formula is C23H26FN9O3. The lowest BCUT2D eigenvalue weighted by Gasteiger charge is -2.43. The molecule has 0 bridgehead atoms. The fourth-order valence-electron chi connectivity index (χ4n) is 4.29. The van der Waals surface area contributed by atoms with E-state index in [2.05, 4.69) is 25.3 Å². The molecule has 1 unspecified atom stereocenters. The fourth-order valence-corrected chi connectivity index (χ4v) is 4.29. The number of nitrogens with zero attached hydrogens (tertiary/aromatic N) is 7. The van der Waals surface area contributed by atoms with E-state index in [1.807, 2.05) is 42.2 Å². The average molecular weight is 496 g/mol. The monoisotopic (exact) mass is 495 g/mol. The quantitative estimate of drug-likeness (QED) is 0.503. The van der Waals surface area contributed by atoms with Crippen LogP contribution in [0.4, 0.5) is 15.0 Å². The van der Waals surface area contributed by atoms with E-state index in [0.29, 0.717) is 13.1 Å². The van der Waals surface area contributed by atoms with Gasteiger partial charge >= 0.3 is 6.09 Å². The maximum Gasteiger partial charge on any atom is 0.412 e. The summed E-state index contributed by atoms with van der Waals surface area (Å²) in [4.78, 5) is 27.1. The second kappa shape index (κ2) is 10.1. The fraction of sp³-hybridized carbons (Fsp3) is 0.391. The molecule has 1 aliphatic heterocycles. The van der Waals surface area contributed by atoms with Gasteiger partial charge in [-0.15, -0.1) is 0 Å². The number of piperidine rings is 1. The molecule has 13 heteroatoms. The molecule has 2 amide bonds. The van der Waals surface area contributed by atoms with Crippen molar-refractivity contribution in [3.8, 4) is 11.8 Å². The SMILES string of the molecule is COC(=O)Nc1nn(C2(CC#N)CCN(Cc3ccc(-n4ncc(C)n4)cc3)C[C@@H]2F)cc1C(N)=O. The van der Waals surface area contributed by atoms with E-state index in [9.17, 15) is 14.9 Å². The molecule has 1 fully saturated rings. The van der Waals surface area contributed by atoms with Gasteiger partial charge in [-0.05, 0) is 31.0 Å². The largest absolute Gasteiger partial charge is 0.453 e. The summed E-state index contributed by atoms with van der Waals surface area (Å²) in [5, 5.41) is 24.5. The molecule has 188 valence electrons. The Labute approximate surface area is 206 Å². The first-order valence-electron chi connectivity index (χ1n) is 11.2.